The fourth-order valence-electron chi connectivity index (χ4n) is 2.18. The van der Waals surface area contributed by atoms with Crippen molar-refractivity contribution in [3.8, 4) is 0 Å². The first-order chi connectivity index (χ1) is 8.01. The van der Waals surface area contributed by atoms with Gasteiger partial charge in [-0.3, -0.25) is 0 Å². The summed E-state index contributed by atoms with van der Waals surface area (Å²) in [7, 11) is -1.18. The van der Waals surface area contributed by atoms with Gasteiger partial charge in [-0.05, 0) is 17.7 Å². The number of rotatable bonds is 4. The molecule has 0 aliphatic heterocycles. The lowest BCUT2D eigenvalue weighted by Gasteiger charge is -2.15. The van der Waals surface area contributed by atoms with E-state index in [-0.39, 0.29) is 6.61 Å². The third-order valence-corrected chi connectivity index (χ3v) is 4.24. The third kappa shape index (κ3) is 2.79. The number of fused-ring (bicyclic) bond motifs is 1. The molecule has 0 saturated carbocycles. The average molecular weight is 248 g/mol. The quantitative estimate of drug-likeness (QED) is 0.841. The molecule has 0 saturated heterocycles. The van der Waals surface area contributed by atoms with Gasteiger partial charge >= 0.3 is 0 Å². The molecular formula is C14H20O2Si. The van der Waals surface area contributed by atoms with Gasteiger partial charge in [0.25, 0.3) is 0 Å². The summed E-state index contributed by atoms with van der Waals surface area (Å²) in [6.07, 6.45) is 0.620. The molecule has 0 aliphatic rings. The Morgan fingerprint density at radius 2 is 1.88 bits per heavy atom. The fourth-order valence-corrected chi connectivity index (χ4v) is 3.63. The molecule has 2 nitrogen and oxygen atoms in total. The molecule has 17 heavy (non-hydrogen) atoms. The SMILES string of the molecule is C[Si](C)(C)Cc1c(CCO)oc2ccccc12. The Morgan fingerprint density at radius 1 is 1.18 bits per heavy atom. The van der Waals surface area contributed by atoms with E-state index in [4.69, 9.17) is 9.52 Å². The molecule has 0 atom stereocenters. The number of benzene rings is 1. The number of aliphatic hydroxyl groups is 1. The van der Waals surface area contributed by atoms with Crippen molar-refractivity contribution in [3.05, 3.63) is 35.6 Å². The summed E-state index contributed by atoms with van der Waals surface area (Å²) in [5, 5.41) is 10.3. The summed E-state index contributed by atoms with van der Waals surface area (Å²) in [6, 6.07) is 9.28. The normalized spacial score (nSPS) is 12.2. The van der Waals surface area contributed by atoms with Crippen molar-refractivity contribution in [2.75, 3.05) is 6.61 Å². The third-order valence-electron chi connectivity index (χ3n) is 2.83. The Kier molecular flexibility index (Phi) is 3.40. The zero-order valence-corrected chi connectivity index (χ0v) is 11.8. The van der Waals surface area contributed by atoms with E-state index in [9.17, 15) is 0 Å². The highest BCUT2D eigenvalue weighted by molar-refractivity contribution is 6.75. The topological polar surface area (TPSA) is 33.4 Å². The number of hydrogen-bond donors (Lipinski definition) is 1. The molecule has 0 aliphatic carbocycles. The molecule has 1 N–H and O–H groups in total. The van der Waals surface area contributed by atoms with Gasteiger partial charge in [-0.25, -0.2) is 0 Å². The van der Waals surface area contributed by atoms with Crippen LogP contribution in [0.3, 0.4) is 0 Å². The van der Waals surface area contributed by atoms with Crippen molar-refractivity contribution in [1.82, 2.24) is 0 Å². The van der Waals surface area contributed by atoms with Gasteiger partial charge in [0, 0.05) is 19.9 Å². The zero-order valence-electron chi connectivity index (χ0n) is 10.8. The van der Waals surface area contributed by atoms with Gasteiger partial charge in [-0.1, -0.05) is 37.8 Å². The smallest absolute Gasteiger partial charge is 0.134 e. The highest BCUT2D eigenvalue weighted by Crippen LogP contribution is 2.29. The number of hydrogen-bond acceptors (Lipinski definition) is 2. The standard InChI is InChI=1S/C14H20O2Si/c1-17(2,3)10-12-11-6-4-5-7-13(11)16-14(12)8-9-15/h4-7,15H,8-10H2,1-3H3. The molecule has 0 radical (unpaired) electrons. The minimum absolute atomic E-state index is 0.151. The van der Waals surface area contributed by atoms with Crippen molar-refractivity contribution in [2.45, 2.75) is 32.1 Å². The molecule has 0 spiro atoms. The van der Waals surface area contributed by atoms with E-state index < -0.39 is 8.07 Å². The molecule has 2 rings (SSSR count). The molecule has 0 bridgehead atoms. The van der Waals surface area contributed by atoms with E-state index in [1.807, 2.05) is 18.2 Å². The predicted molar refractivity (Wildman–Crippen MR) is 74.1 cm³/mol. The maximum atomic E-state index is 9.12. The van der Waals surface area contributed by atoms with Crippen LogP contribution in [0.1, 0.15) is 11.3 Å². The molecule has 1 heterocycles. The van der Waals surface area contributed by atoms with Gasteiger partial charge in [-0.2, -0.15) is 0 Å². The van der Waals surface area contributed by atoms with Crippen molar-refractivity contribution >= 4 is 19.0 Å². The van der Waals surface area contributed by atoms with E-state index >= 15 is 0 Å². The maximum Gasteiger partial charge on any atom is 0.134 e. The first-order valence-corrected chi connectivity index (χ1v) is 9.82. The van der Waals surface area contributed by atoms with Crippen LogP contribution < -0.4 is 0 Å². The summed E-state index contributed by atoms with van der Waals surface area (Å²) in [5.74, 6) is 0.969. The Balaban J connectivity index is 2.51. The molecule has 3 heteroatoms. The maximum absolute atomic E-state index is 9.12. The Labute approximate surface area is 103 Å². The molecular weight excluding hydrogens is 228 g/mol. The lowest BCUT2D eigenvalue weighted by atomic mass is 10.1. The van der Waals surface area contributed by atoms with E-state index in [1.165, 1.54) is 10.9 Å². The summed E-state index contributed by atoms with van der Waals surface area (Å²) in [6.45, 7) is 7.23. The van der Waals surface area contributed by atoms with Crippen molar-refractivity contribution in [1.29, 1.82) is 0 Å². The Morgan fingerprint density at radius 3 is 2.53 bits per heavy atom. The van der Waals surface area contributed by atoms with Crippen LogP contribution in [0.25, 0.3) is 11.0 Å². The lowest BCUT2D eigenvalue weighted by molar-refractivity contribution is 0.289. The number of furan rings is 1. The van der Waals surface area contributed by atoms with Gasteiger partial charge in [0.1, 0.15) is 11.3 Å². The van der Waals surface area contributed by atoms with Crippen LogP contribution in [-0.2, 0) is 12.5 Å². The molecule has 2 aromatic rings. The second kappa shape index (κ2) is 4.67. The highest BCUT2D eigenvalue weighted by Gasteiger charge is 2.21. The first-order valence-electron chi connectivity index (χ1n) is 6.11. The minimum atomic E-state index is -1.18. The molecule has 0 fully saturated rings. The van der Waals surface area contributed by atoms with Gasteiger partial charge in [-0.15, -0.1) is 0 Å². The fraction of sp³-hybridized carbons (Fsp3) is 0.429. The summed E-state index contributed by atoms with van der Waals surface area (Å²) in [5.41, 5.74) is 2.26. The van der Waals surface area contributed by atoms with Crippen molar-refractivity contribution in [3.63, 3.8) is 0 Å². The predicted octanol–water partition coefficient (Wildman–Crippen LogP) is 3.39. The molecule has 1 aromatic heterocycles. The molecule has 92 valence electrons. The van der Waals surface area contributed by atoms with Crippen LogP contribution >= 0.6 is 0 Å². The highest BCUT2D eigenvalue weighted by atomic mass is 28.3. The Bertz CT molecular complexity index is 508. The van der Waals surface area contributed by atoms with Crippen LogP contribution in [0.4, 0.5) is 0 Å². The monoisotopic (exact) mass is 248 g/mol. The van der Waals surface area contributed by atoms with E-state index in [0.717, 1.165) is 17.4 Å². The van der Waals surface area contributed by atoms with Gasteiger partial charge in [0.05, 0.1) is 6.61 Å². The zero-order chi connectivity index (χ0) is 12.5. The van der Waals surface area contributed by atoms with Crippen LogP contribution in [0.2, 0.25) is 19.6 Å². The van der Waals surface area contributed by atoms with Crippen LogP contribution in [0.15, 0.2) is 28.7 Å². The summed E-state index contributed by atoms with van der Waals surface area (Å²) in [4.78, 5) is 0. The number of aliphatic hydroxyl groups excluding tert-OH is 1. The average Bonchev–Trinajstić information content (AvgIpc) is 2.56. The largest absolute Gasteiger partial charge is 0.461 e. The lowest BCUT2D eigenvalue weighted by Crippen LogP contribution is -2.24. The van der Waals surface area contributed by atoms with Gasteiger partial charge < -0.3 is 9.52 Å². The van der Waals surface area contributed by atoms with Crippen molar-refractivity contribution in [2.24, 2.45) is 0 Å². The summed E-state index contributed by atoms with van der Waals surface area (Å²) >= 11 is 0. The second-order valence-corrected chi connectivity index (χ2v) is 11.2. The Hall–Kier alpha value is -1.06. The van der Waals surface area contributed by atoms with Crippen molar-refractivity contribution < 1.29 is 9.52 Å². The first kappa shape index (κ1) is 12.4. The van der Waals surface area contributed by atoms with E-state index in [1.54, 1.807) is 0 Å². The summed E-state index contributed by atoms with van der Waals surface area (Å²) < 4.78 is 5.85. The molecule has 0 amide bonds. The van der Waals surface area contributed by atoms with Crippen LogP contribution in [-0.4, -0.2) is 19.8 Å². The van der Waals surface area contributed by atoms with E-state index in [0.29, 0.717) is 6.42 Å². The van der Waals surface area contributed by atoms with Gasteiger partial charge in [0.2, 0.25) is 0 Å². The number of para-hydroxylation sites is 1. The van der Waals surface area contributed by atoms with Crippen LogP contribution in [0.5, 0.6) is 0 Å². The second-order valence-electron chi connectivity index (χ2n) is 5.71. The molecule has 0 unspecified atom stereocenters. The van der Waals surface area contributed by atoms with Crippen LogP contribution in [0, 0.1) is 0 Å². The minimum Gasteiger partial charge on any atom is -0.461 e. The van der Waals surface area contributed by atoms with E-state index in [2.05, 4.69) is 25.7 Å². The van der Waals surface area contributed by atoms with Gasteiger partial charge in [0.15, 0.2) is 0 Å². The molecule has 1 aromatic carbocycles.